The maximum atomic E-state index is 12.6. The van der Waals surface area contributed by atoms with Crippen LogP contribution >= 0.6 is 23.2 Å². The van der Waals surface area contributed by atoms with Gasteiger partial charge in [0.25, 0.3) is 0 Å². The zero-order valence-electron chi connectivity index (χ0n) is 11.7. The molecule has 0 N–H and O–H groups in total. The summed E-state index contributed by atoms with van der Waals surface area (Å²) in [5, 5.41) is 0.896. The first-order valence-electron chi connectivity index (χ1n) is 6.65. The van der Waals surface area contributed by atoms with Gasteiger partial charge in [-0.3, -0.25) is 4.79 Å². The highest BCUT2D eigenvalue weighted by atomic mass is 35.5. The van der Waals surface area contributed by atoms with Crippen molar-refractivity contribution in [3.8, 4) is 5.75 Å². The smallest absolute Gasteiger partial charge is 0.194 e. The summed E-state index contributed by atoms with van der Waals surface area (Å²) in [6, 6.07) is 10.4. The third-order valence-electron chi connectivity index (χ3n) is 3.73. The summed E-state index contributed by atoms with van der Waals surface area (Å²) >= 11 is 12.1. The Kier molecular flexibility index (Phi) is 3.46. The quantitative estimate of drug-likeness (QED) is 0.736. The van der Waals surface area contributed by atoms with Crippen LogP contribution in [0.5, 0.6) is 5.75 Å². The molecule has 4 heteroatoms. The first kappa shape index (κ1) is 14.4. The standard InChI is InChI=1S/C17H14Cl2O2/c1-17(2)9-21-15-6-3-10(7-13(15)17)16(20)12-8-11(18)4-5-14(12)19/h3-8H,9H2,1-2H3. The molecule has 0 fully saturated rings. The molecule has 0 saturated heterocycles. The van der Waals surface area contributed by atoms with Gasteiger partial charge >= 0.3 is 0 Å². The second-order valence-corrected chi connectivity index (χ2v) is 6.68. The zero-order valence-corrected chi connectivity index (χ0v) is 13.3. The number of halogens is 2. The molecule has 2 aromatic carbocycles. The van der Waals surface area contributed by atoms with Gasteiger partial charge in [-0.2, -0.15) is 0 Å². The van der Waals surface area contributed by atoms with Gasteiger partial charge < -0.3 is 4.74 Å². The number of carbonyl (C=O) groups is 1. The Labute approximate surface area is 133 Å². The van der Waals surface area contributed by atoms with Gasteiger partial charge in [0.1, 0.15) is 5.75 Å². The van der Waals surface area contributed by atoms with E-state index < -0.39 is 0 Å². The molecule has 2 nitrogen and oxygen atoms in total. The van der Waals surface area contributed by atoms with Gasteiger partial charge in [-0.25, -0.2) is 0 Å². The molecular weight excluding hydrogens is 307 g/mol. The highest BCUT2D eigenvalue weighted by Gasteiger charge is 2.32. The molecule has 0 radical (unpaired) electrons. The van der Waals surface area contributed by atoms with Gasteiger partial charge in [-0.1, -0.05) is 37.0 Å². The van der Waals surface area contributed by atoms with E-state index in [9.17, 15) is 4.79 Å². The van der Waals surface area contributed by atoms with E-state index >= 15 is 0 Å². The number of rotatable bonds is 2. The van der Waals surface area contributed by atoms with Crippen molar-refractivity contribution in [2.45, 2.75) is 19.3 Å². The first-order valence-corrected chi connectivity index (χ1v) is 7.41. The summed E-state index contributed by atoms with van der Waals surface area (Å²) in [5.41, 5.74) is 1.97. The van der Waals surface area contributed by atoms with Gasteiger partial charge in [-0.05, 0) is 36.4 Å². The molecule has 0 bridgehead atoms. The average molecular weight is 321 g/mol. The number of hydrogen-bond acceptors (Lipinski definition) is 2. The minimum Gasteiger partial charge on any atom is -0.492 e. The Morgan fingerprint density at radius 3 is 2.67 bits per heavy atom. The topological polar surface area (TPSA) is 26.3 Å². The summed E-state index contributed by atoms with van der Waals surface area (Å²) in [6.45, 7) is 4.82. The van der Waals surface area contributed by atoms with E-state index in [1.807, 2.05) is 12.1 Å². The normalized spacial score (nSPS) is 15.4. The first-order chi connectivity index (χ1) is 9.88. The number of carbonyl (C=O) groups excluding carboxylic acids is 1. The van der Waals surface area contributed by atoms with E-state index in [1.54, 1.807) is 24.3 Å². The number of hydrogen-bond donors (Lipinski definition) is 0. The SMILES string of the molecule is CC1(C)COc2ccc(C(=O)c3cc(Cl)ccc3Cl)cc21. The van der Waals surface area contributed by atoms with Crippen molar-refractivity contribution in [2.24, 2.45) is 0 Å². The highest BCUT2D eigenvalue weighted by molar-refractivity contribution is 6.36. The van der Waals surface area contributed by atoms with E-state index in [1.165, 1.54) is 0 Å². The van der Waals surface area contributed by atoms with E-state index in [0.717, 1.165) is 11.3 Å². The maximum absolute atomic E-state index is 12.6. The molecule has 0 aromatic heterocycles. The van der Waals surface area contributed by atoms with Crippen LogP contribution in [0.4, 0.5) is 0 Å². The van der Waals surface area contributed by atoms with Crippen molar-refractivity contribution in [1.29, 1.82) is 0 Å². The Morgan fingerprint density at radius 2 is 1.90 bits per heavy atom. The molecule has 0 unspecified atom stereocenters. The summed E-state index contributed by atoms with van der Waals surface area (Å²) in [4.78, 5) is 12.6. The van der Waals surface area contributed by atoms with E-state index in [0.29, 0.717) is 27.8 Å². The van der Waals surface area contributed by atoms with Crippen molar-refractivity contribution in [3.63, 3.8) is 0 Å². The second kappa shape index (κ2) is 5.04. The van der Waals surface area contributed by atoms with E-state index in [-0.39, 0.29) is 11.2 Å². The molecule has 2 aromatic rings. The van der Waals surface area contributed by atoms with Gasteiger partial charge in [0.05, 0.1) is 11.6 Å². The fourth-order valence-corrected chi connectivity index (χ4v) is 2.86. The zero-order chi connectivity index (χ0) is 15.2. The summed E-state index contributed by atoms with van der Waals surface area (Å²) in [5.74, 6) is 0.710. The third-order valence-corrected chi connectivity index (χ3v) is 4.30. The predicted molar refractivity (Wildman–Crippen MR) is 84.9 cm³/mol. The van der Waals surface area contributed by atoms with Crippen molar-refractivity contribution >= 4 is 29.0 Å². The lowest BCUT2D eigenvalue weighted by atomic mass is 9.85. The molecule has 0 amide bonds. The van der Waals surface area contributed by atoms with Crippen molar-refractivity contribution in [2.75, 3.05) is 6.61 Å². The lowest BCUT2D eigenvalue weighted by Gasteiger charge is -2.15. The molecule has 108 valence electrons. The van der Waals surface area contributed by atoms with Crippen molar-refractivity contribution in [3.05, 3.63) is 63.1 Å². The third kappa shape index (κ3) is 2.54. The second-order valence-electron chi connectivity index (χ2n) is 5.84. The predicted octanol–water partition coefficient (Wildman–Crippen LogP) is 4.89. The fourth-order valence-electron chi connectivity index (χ4n) is 2.49. The Balaban J connectivity index is 2.06. The summed E-state index contributed by atoms with van der Waals surface area (Å²) in [7, 11) is 0. The summed E-state index contributed by atoms with van der Waals surface area (Å²) in [6.07, 6.45) is 0. The van der Waals surface area contributed by atoms with Crippen molar-refractivity contribution in [1.82, 2.24) is 0 Å². The van der Waals surface area contributed by atoms with Gasteiger partial charge in [0.2, 0.25) is 0 Å². The molecule has 0 aliphatic carbocycles. The number of ketones is 1. The van der Waals surface area contributed by atoms with Crippen LogP contribution in [0.15, 0.2) is 36.4 Å². The minimum atomic E-state index is -0.131. The number of benzene rings is 2. The molecule has 0 saturated carbocycles. The fraction of sp³-hybridized carbons (Fsp3) is 0.235. The van der Waals surface area contributed by atoms with Crippen molar-refractivity contribution < 1.29 is 9.53 Å². The van der Waals surface area contributed by atoms with Crippen LogP contribution < -0.4 is 4.74 Å². The van der Waals surface area contributed by atoms with Crippen LogP contribution in [0.1, 0.15) is 35.3 Å². The molecule has 1 heterocycles. The van der Waals surface area contributed by atoms with E-state index in [4.69, 9.17) is 27.9 Å². The van der Waals surface area contributed by atoms with Crippen LogP contribution in [0.25, 0.3) is 0 Å². The van der Waals surface area contributed by atoms with Crippen LogP contribution in [0, 0.1) is 0 Å². The minimum absolute atomic E-state index is 0.0935. The van der Waals surface area contributed by atoms with Gasteiger partial charge in [0, 0.05) is 27.1 Å². The molecule has 3 rings (SSSR count). The highest BCUT2D eigenvalue weighted by Crippen LogP contribution is 2.39. The average Bonchev–Trinajstić information content (AvgIpc) is 2.76. The van der Waals surface area contributed by atoms with Gasteiger partial charge in [-0.15, -0.1) is 0 Å². The van der Waals surface area contributed by atoms with Crippen LogP contribution in [-0.2, 0) is 5.41 Å². The molecule has 0 spiro atoms. The number of fused-ring (bicyclic) bond motifs is 1. The summed E-state index contributed by atoms with van der Waals surface area (Å²) < 4.78 is 5.64. The van der Waals surface area contributed by atoms with Crippen LogP contribution in [0.2, 0.25) is 10.0 Å². The largest absolute Gasteiger partial charge is 0.492 e. The maximum Gasteiger partial charge on any atom is 0.194 e. The number of ether oxygens (including phenoxy) is 1. The lowest BCUT2D eigenvalue weighted by molar-refractivity contribution is 0.103. The van der Waals surface area contributed by atoms with Crippen LogP contribution in [-0.4, -0.2) is 12.4 Å². The van der Waals surface area contributed by atoms with Crippen LogP contribution in [0.3, 0.4) is 0 Å². The lowest BCUT2D eigenvalue weighted by Crippen LogP contribution is -2.18. The molecule has 1 aliphatic heterocycles. The Morgan fingerprint density at radius 1 is 1.14 bits per heavy atom. The monoisotopic (exact) mass is 320 g/mol. The molecule has 1 aliphatic rings. The molecule has 21 heavy (non-hydrogen) atoms. The van der Waals surface area contributed by atoms with E-state index in [2.05, 4.69) is 13.8 Å². The Hall–Kier alpha value is -1.51. The molecule has 0 atom stereocenters. The van der Waals surface area contributed by atoms with Gasteiger partial charge in [0.15, 0.2) is 5.78 Å². The molecular formula is C17H14Cl2O2. The Bertz CT molecular complexity index is 736.